The monoisotopic (exact) mass is 350 g/mol. The molecule has 1 amide bonds. The summed E-state index contributed by atoms with van der Waals surface area (Å²) in [6, 6.07) is 4.27. The molecule has 1 aliphatic heterocycles. The van der Waals surface area contributed by atoms with Crippen LogP contribution in [0.3, 0.4) is 0 Å². The van der Waals surface area contributed by atoms with Gasteiger partial charge in [0.1, 0.15) is 0 Å². The van der Waals surface area contributed by atoms with Crippen LogP contribution in [-0.2, 0) is 6.18 Å². The van der Waals surface area contributed by atoms with Gasteiger partial charge in [0.05, 0.1) is 5.56 Å². The van der Waals surface area contributed by atoms with Crippen LogP contribution in [0.4, 0.5) is 13.2 Å². The maximum absolute atomic E-state index is 12.6. The van der Waals surface area contributed by atoms with Gasteiger partial charge in [-0.15, -0.1) is 0 Å². The van der Waals surface area contributed by atoms with Crippen molar-refractivity contribution in [2.24, 2.45) is 5.92 Å². The molecule has 1 aliphatic carbocycles. The number of nitrogens with one attached hydrogen (secondary N) is 1. The number of hydrogen-bond acceptors (Lipinski definition) is 2. The Morgan fingerprint density at radius 1 is 1.16 bits per heavy atom. The second-order valence-electron chi connectivity index (χ2n) is 6.47. The lowest BCUT2D eigenvalue weighted by Gasteiger charge is -2.30. The molecule has 0 radical (unpaired) electrons. The lowest BCUT2D eigenvalue weighted by Crippen LogP contribution is -2.44. The summed E-state index contributed by atoms with van der Waals surface area (Å²) in [6.45, 7) is 1.35. The van der Waals surface area contributed by atoms with Gasteiger partial charge in [0.15, 0.2) is 0 Å². The van der Waals surface area contributed by atoms with E-state index in [0.29, 0.717) is 12.5 Å². The summed E-state index contributed by atoms with van der Waals surface area (Å²) in [4.78, 5) is 12.2. The largest absolute Gasteiger partial charge is 0.416 e. The minimum Gasteiger partial charge on any atom is -0.284 e. The Hall–Kier alpha value is -2.08. The maximum Gasteiger partial charge on any atom is 0.416 e. The smallest absolute Gasteiger partial charge is 0.284 e. The van der Waals surface area contributed by atoms with Gasteiger partial charge in [-0.25, -0.2) is 5.01 Å². The first-order chi connectivity index (χ1) is 11.9. The molecular weight excluding hydrogens is 329 g/mol. The van der Waals surface area contributed by atoms with Crippen LogP contribution >= 0.6 is 0 Å². The number of halogens is 3. The van der Waals surface area contributed by atoms with E-state index >= 15 is 0 Å². The van der Waals surface area contributed by atoms with Crippen molar-refractivity contribution < 1.29 is 18.0 Å². The number of rotatable bonds is 3. The topological polar surface area (TPSA) is 32.3 Å². The van der Waals surface area contributed by atoms with Crippen molar-refractivity contribution in [3.05, 3.63) is 59.2 Å². The highest BCUT2D eigenvalue weighted by Crippen LogP contribution is 2.30. The average Bonchev–Trinajstić information content (AvgIpc) is 2.62. The fraction of sp³-hybridized carbons (Fsp3) is 0.421. The molecule has 3 nitrogen and oxygen atoms in total. The molecule has 3 rings (SSSR count). The van der Waals surface area contributed by atoms with Crippen molar-refractivity contribution in [3.8, 4) is 0 Å². The highest BCUT2D eigenvalue weighted by atomic mass is 19.4. The second-order valence-corrected chi connectivity index (χ2v) is 6.47. The molecule has 1 atom stereocenters. The molecule has 1 unspecified atom stereocenters. The van der Waals surface area contributed by atoms with E-state index in [4.69, 9.17) is 0 Å². The lowest BCUT2D eigenvalue weighted by atomic mass is 9.85. The molecule has 0 fully saturated rings. The maximum atomic E-state index is 12.6. The Morgan fingerprint density at radius 2 is 1.92 bits per heavy atom. The summed E-state index contributed by atoms with van der Waals surface area (Å²) in [6.07, 6.45) is 6.52. The Labute approximate surface area is 145 Å². The SMILES string of the molecule is O=C(NN1CC=C(C2CC=CCC2)CC1)c1ccc(C(F)(F)F)cc1. The summed E-state index contributed by atoms with van der Waals surface area (Å²) < 4.78 is 37.7. The summed E-state index contributed by atoms with van der Waals surface area (Å²) in [7, 11) is 0. The van der Waals surface area contributed by atoms with Crippen LogP contribution in [0.25, 0.3) is 0 Å². The lowest BCUT2D eigenvalue weighted by molar-refractivity contribution is -0.137. The third kappa shape index (κ3) is 4.51. The summed E-state index contributed by atoms with van der Waals surface area (Å²) in [5.74, 6) is 0.226. The molecule has 0 aromatic heterocycles. The second kappa shape index (κ2) is 7.44. The van der Waals surface area contributed by atoms with E-state index in [-0.39, 0.29) is 11.5 Å². The standard InChI is InChI=1S/C19H21F3N2O/c20-19(21,22)17-8-6-16(7-9-17)18(25)23-24-12-10-15(11-13-24)14-4-2-1-3-5-14/h1-2,6-10,14H,3-5,11-13H2,(H,23,25). The molecular formula is C19H21F3N2O. The van der Waals surface area contributed by atoms with Gasteiger partial charge in [0.25, 0.3) is 5.91 Å². The predicted octanol–water partition coefficient (Wildman–Crippen LogP) is 4.34. The molecule has 134 valence electrons. The minimum atomic E-state index is -4.39. The normalized spacial score (nSPS) is 21.7. The zero-order valence-electron chi connectivity index (χ0n) is 13.9. The molecule has 0 bridgehead atoms. The van der Waals surface area contributed by atoms with Gasteiger partial charge in [-0.3, -0.25) is 10.2 Å². The number of allylic oxidation sites excluding steroid dienone is 2. The van der Waals surface area contributed by atoms with Gasteiger partial charge >= 0.3 is 6.18 Å². The summed E-state index contributed by atoms with van der Waals surface area (Å²) in [5.41, 5.74) is 3.69. The van der Waals surface area contributed by atoms with Gasteiger partial charge in [0.2, 0.25) is 0 Å². The van der Waals surface area contributed by atoms with Gasteiger partial charge in [-0.05, 0) is 55.9 Å². The van der Waals surface area contributed by atoms with Crippen molar-refractivity contribution in [3.63, 3.8) is 0 Å². The van der Waals surface area contributed by atoms with E-state index in [1.165, 1.54) is 24.1 Å². The number of alkyl halides is 3. The zero-order valence-corrected chi connectivity index (χ0v) is 13.9. The third-order valence-corrected chi connectivity index (χ3v) is 4.77. The van der Waals surface area contributed by atoms with Crippen LogP contribution in [0.2, 0.25) is 0 Å². The molecule has 1 aromatic carbocycles. The number of carbonyl (C=O) groups is 1. The Bertz CT molecular complexity index is 677. The van der Waals surface area contributed by atoms with E-state index < -0.39 is 11.7 Å². The van der Waals surface area contributed by atoms with Crippen LogP contribution in [0.15, 0.2) is 48.1 Å². The minimum absolute atomic E-state index is 0.222. The Balaban J connectivity index is 1.55. The summed E-state index contributed by atoms with van der Waals surface area (Å²) in [5, 5.41) is 1.81. The van der Waals surface area contributed by atoms with Crippen LogP contribution in [0, 0.1) is 5.92 Å². The van der Waals surface area contributed by atoms with Gasteiger partial charge in [-0.2, -0.15) is 13.2 Å². The van der Waals surface area contributed by atoms with Crippen LogP contribution in [0.5, 0.6) is 0 Å². The molecule has 0 saturated heterocycles. The third-order valence-electron chi connectivity index (χ3n) is 4.77. The summed E-state index contributed by atoms with van der Waals surface area (Å²) >= 11 is 0. The van der Waals surface area contributed by atoms with E-state index in [1.54, 1.807) is 0 Å². The van der Waals surface area contributed by atoms with Crippen molar-refractivity contribution in [2.75, 3.05) is 13.1 Å². The first-order valence-electron chi connectivity index (χ1n) is 8.50. The zero-order chi connectivity index (χ0) is 17.9. The molecule has 0 spiro atoms. The Kier molecular flexibility index (Phi) is 5.27. The molecule has 1 aromatic rings. The number of amides is 1. The van der Waals surface area contributed by atoms with Crippen molar-refractivity contribution in [1.82, 2.24) is 10.4 Å². The first kappa shape index (κ1) is 17.7. The number of carbonyl (C=O) groups excluding carboxylic acids is 1. The Morgan fingerprint density at radius 3 is 2.48 bits per heavy atom. The van der Waals surface area contributed by atoms with E-state index in [9.17, 15) is 18.0 Å². The number of benzene rings is 1. The van der Waals surface area contributed by atoms with Crippen LogP contribution < -0.4 is 5.43 Å². The fourth-order valence-electron chi connectivity index (χ4n) is 3.31. The molecule has 2 aliphatic rings. The van der Waals surface area contributed by atoms with Gasteiger partial charge in [0, 0.05) is 18.7 Å². The van der Waals surface area contributed by atoms with E-state index in [0.717, 1.165) is 37.9 Å². The molecule has 1 N–H and O–H groups in total. The van der Waals surface area contributed by atoms with Crippen LogP contribution in [0.1, 0.15) is 41.6 Å². The van der Waals surface area contributed by atoms with E-state index in [2.05, 4.69) is 23.7 Å². The highest BCUT2D eigenvalue weighted by molar-refractivity contribution is 5.93. The van der Waals surface area contributed by atoms with Crippen molar-refractivity contribution in [1.29, 1.82) is 0 Å². The van der Waals surface area contributed by atoms with E-state index in [1.807, 2.05) is 5.01 Å². The molecule has 6 heteroatoms. The number of hydrazine groups is 1. The highest BCUT2D eigenvalue weighted by Gasteiger charge is 2.30. The molecule has 25 heavy (non-hydrogen) atoms. The molecule has 0 saturated carbocycles. The fourth-order valence-corrected chi connectivity index (χ4v) is 3.31. The number of nitrogens with zero attached hydrogens (tertiary/aromatic N) is 1. The van der Waals surface area contributed by atoms with Crippen molar-refractivity contribution in [2.45, 2.75) is 31.9 Å². The van der Waals surface area contributed by atoms with Crippen LogP contribution in [-0.4, -0.2) is 24.0 Å². The quantitative estimate of drug-likeness (QED) is 0.823. The predicted molar refractivity (Wildman–Crippen MR) is 89.7 cm³/mol. The molecule has 1 heterocycles. The van der Waals surface area contributed by atoms with Gasteiger partial charge in [-0.1, -0.05) is 23.8 Å². The van der Waals surface area contributed by atoms with Crippen molar-refractivity contribution >= 4 is 5.91 Å². The van der Waals surface area contributed by atoms with Gasteiger partial charge < -0.3 is 0 Å². The first-order valence-corrected chi connectivity index (χ1v) is 8.50. The average molecular weight is 350 g/mol. The number of hydrogen-bond donors (Lipinski definition) is 1.